The van der Waals surface area contributed by atoms with E-state index in [4.69, 9.17) is 0 Å². The van der Waals surface area contributed by atoms with Crippen LogP contribution in [0.3, 0.4) is 0 Å². The summed E-state index contributed by atoms with van der Waals surface area (Å²) in [6.07, 6.45) is 11.2. The fraction of sp³-hybridized carbons (Fsp3) is 0.385. The van der Waals surface area contributed by atoms with Crippen molar-refractivity contribution in [2.24, 2.45) is 0 Å². The van der Waals surface area contributed by atoms with Gasteiger partial charge in [0.1, 0.15) is 0 Å². The minimum absolute atomic E-state index is 0.537. The van der Waals surface area contributed by atoms with Crippen LogP contribution in [0.1, 0.15) is 75.8 Å². The lowest BCUT2D eigenvalue weighted by atomic mass is 9.75. The molecule has 0 aromatic heterocycles. The summed E-state index contributed by atoms with van der Waals surface area (Å²) < 4.78 is 0. The maximum absolute atomic E-state index is 2.52. The summed E-state index contributed by atoms with van der Waals surface area (Å²) in [7, 11) is 0. The minimum Gasteiger partial charge on any atom is -0.0654 e. The second-order valence-corrected chi connectivity index (χ2v) is 7.46. The highest BCUT2D eigenvalue weighted by molar-refractivity contribution is 5.72. The van der Waals surface area contributed by atoms with E-state index < -0.39 is 0 Å². The van der Waals surface area contributed by atoms with Crippen molar-refractivity contribution in [3.63, 3.8) is 0 Å². The molecule has 0 bridgehead atoms. The van der Waals surface area contributed by atoms with Crippen molar-refractivity contribution in [3.05, 3.63) is 89.0 Å². The Kier molecular flexibility index (Phi) is 6.89. The van der Waals surface area contributed by atoms with Crippen molar-refractivity contribution < 1.29 is 0 Å². The molecule has 0 fully saturated rings. The third kappa shape index (κ3) is 4.55. The molecule has 1 aliphatic carbocycles. The summed E-state index contributed by atoms with van der Waals surface area (Å²) in [6, 6.07) is 22.1. The van der Waals surface area contributed by atoms with Crippen molar-refractivity contribution in [2.45, 2.75) is 64.7 Å². The van der Waals surface area contributed by atoms with Gasteiger partial charge >= 0.3 is 0 Å². The van der Waals surface area contributed by atoms with Gasteiger partial charge in [-0.25, -0.2) is 0 Å². The second kappa shape index (κ2) is 9.57. The average molecular weight is 345 g/mol. The highest BCUT2D eigenvalue weighted by Gasteiger charge is 2.25. The zero-order valence-electron chi connectivity index (χ0n) is 16.4. The first-order valence-electron chi connectivity index (χ1n) is 10.4. The van der Waals surface area contributed by atoms with Crippen LogP contribution in [0.25, 0.3) is 5.57 Å². The summed E-state index contributed by atoms with van der Waals surface area (Å²) in [5, 5.41) is 0. The molecule has 0 N–H and O–H groups in total. The fourth-order valence-electron chi connectivity index (χ4n) is 4.09. The van der Waals surface area contributed by atoms with E-state index in [2.05, 4.69) is 80.6 Å². The van der Waals surface area contributed by atoms with E-state index in [0.717, 1.165) is 6.42 Å². The van der Waals surface area contributed by atoms with Gasteiger partial charge in [0.05, 0.1) is 0 Å². The zero-order valence-corrected chi connectivity index (χ0v) is 16.4. The fourth-order valence-corrected chi connectivity index (χ4v) is 4.09. The van der Waals surface area contributed by atoms with Crippen LogP contribution in [-0.4, -0.2) is 0 Å². The zero-order chi connectivity index (χ0) is 18.2. The van der Waals surface area contributed by atoms with Gasteiger partial charge in [-0.15, -0.1) is 0 Å². The van der Waals surface area contributed by atoms with E-state index in [1.807, 2.05) is 0 Å². The molecule has 26 heavy (non-hydrogen) atoms. The first-order valence-corrected chi connectivity index (χ1v) is 10.4. The summed E-state index contributed by atoms with van der Waals surface area (Å²) in [5.74, 6) is 0.537. The van der Waals surface area contributed by atoms with Gasteiger partial charge in [0.15, 0.2) is 0 Å². The molecule has 2 aromatic rings. The summed E-state index contributed by atoms with van der Waals surface area (Å²) in [6.45, 7) is 4.60. The van der Waals surface area contributed by atoms with Gasteiger partial charge in [-0.1, -0.05) is 99.0 Å². The smallest absolute Gasteiger partial charge is 0.00946 e. The highest BCUT2D eigenvalue weighted by Crippen LogP contribution is 2.43. The Hall–Kier alpha value is -2.08. The molecule has 0 nitrogen and oxygen atoms in total. The number of benzene rings is 2. The van der Waals surface area contributed by atoms with E-state index in [9.17, 15) is 0 Å². The molecule has 0 spiro atoms. The largest absolute Gasteiger partial charge is 0.0654 e. The Balaban J connectivity index is 2.04. The van der Waals surface area contributed by atoms with E-state index in [0.29, 0.717) is 5.92 Å². The SMILES string of the molecule is CCCCC1=C(CCCC)C(c2ccccc2)CC(c2ccccc2)=C1. The monoisotopic (exact) mass is 344 g/mol. The molecule has 3 rings (SSSR count). The van der Waals surface area contributed by atoms with Gasteiger partial charge < -0.3 is 0 Å². The number of hydrogen-bond acceptors (Lipinski definition) is 0. The van der Waals surface area contributed by atoms with E-state index >= 15 is 0 Å². The van der Waals surface area contributed by atoms with E-state index in [-0.39, 0.29) is 0 Å². The van der Waals surface area contributed by atoms with Gasteiger partial charge in [0.2, 0.25) is 0 Å². The number of allylic oxidation sites excluding steroid dienone is 4. The van der Waals surface area contributed by atoms with Crippen LogP contribution < -0.4 is 0 Å². The van der Waals surface area contributed by atoms with Crippen molar-refractivity contribution >= 4 is 5.57 Å². The first kappa shape index (κ1) is 18.7. The lowest BCUT2D eigenvalue weighted by Gasteiger charge is -2.30. The Morgan fingerprint density at radius 1 is 0.769 bits per heavy atom. The summed E-state index contributed by atoms with van der Waals surface area (Å²) in [5.41, 5.74) is 7.68. The molecule has 0 saturated carbocycles. The standard InChI is InChI=1S/C26H32/c1-3-5-13-23-19-24(21-14-9-7-10-15-21)20-26(25(23)18-6-4-2)22-16-11-8-12-17-22/h7-12,14-17,19,26H,3-6,13,18,20H2,1-2H3. The van der Waals surface area contributed by atoms with Crippen LogP contribution in [0.5, 0.6) is 0 Å². The molecule has 2 aromatic carbocycles. The second-order valence-electron chi connectivity index (χ2n) is 7.46. The maximum atomic E-state index is 2.52. The van der Waals surface area contributed by atoms with Crippen molar-refractivity contribution in [1.29, 1.82) is 0 Å². The van der Waals surface area contributed by atoms with Gasteiger partial charge in [-0.05, 0) is 54.4 Å². The topological polar surface area (TPSA) is 0 Å². The first-order chi connectivity index (χ1) is 12.8. The summed E-state index contributed by atoms with van der Waals surface area (Å²) in [4.78, 5) is 0. The molecular formula is C26H32. The number of hydrogen-bond donors (Lipinski definition) is 0. The quantitative estimate of drug-likeness (QED) is 0.456. The molecule has 136 valence electrons. The predicted octanol–water partition coefficient (Wildman–Crippen LogP) is 7.93. The maximum Gasteiger partial charge on any atom is 0.00946 e. The molecule has 0 radical (unpaired) electrons. The van der Waals surface area contributed by atoms with Gasteiger partial charge in [-0.2, -0.15) is 0 Å². The lowest BCUT2D eigenvalue weighted by Crippen LogP contribution is -2.11. The van der Waals surface area contributed by atoms with Gasteiger partial charge in [-0.3, -0.25) is 0 Å². The average Bonchev–Trinajstić information content (AvgIpc) is 2.71. The van der Waals surface area contributed by atoms with E-state index in [1.165, 1.54) is 55.2 Å². The summed E-state index contributed by atoms with van der Waals surface area (Å²) >= 11 is 0. The third-order valence-corrected chi connectivity index (χ3v) is 5.55. The lowest BCUT2D eigenvalue weighted by molar-refractivity contribution is 0.674. The van der Waals surface area contributed by atoms with E-state index in [1.54, 1.807) is 11.1 Å². The van der Waals surface area contributed by atoms with Gasteiger partial charge in [0.25, 0.3) is 0 Å². The van der Waals surface area contributed by atoms with Crippen LogP contribution in [0.15, 0.2) is 77.9 Å². The number of unbranched alkanes of at least 4 members (excludes halogenated alkanes) is 2. The molecule has 0 amide bonds. The normalized spacial score (nSPS) is 17.3. The molecule has 1 aliphatic rings. The Bertz CT molecular complexity index is 734. The van der Waals surface area contributed by atoms with Crippen LogP contribution >= 0.6 is 0 Å². The molecule has 0 saturated heterocycles. The Morgan fingerprint density at radius 2 is 1.38 bits per heavy atom. The molecule has 0 heteroatoms. The highest BCUT2D eigenvalue weighted by atomic mass is 14.3. The van der Waals surface area contributed by atoms with Crippen molar-refractivity contribution in [3.8, 4) is 0 Å². The van der Waals surface area contributed by atoms with Crippen LogP contribution in [-0.2, 0) is 0 Å². The van der Waals surface area contributed by atoms with Crippen LogP contribution in [0, 0.1) is 0 Å². The molecule has 1 unspecified atom stereocenters. The molecule has 0 aliphatic heterocycles. The van der Waals surface area contributed by atoms with Crippen molar-refractivity contribution in [1.82, 2.24) is 0 Å². The minimum atomic E-state index is 0.537. The third-order valence-electron chi connectivity index (χ3n) is 5.55. The van der Waals surface area contributed by atoms with Crippen molar-refractivity contribution in [2.75, 3.05) is 0 Å². The van der Waals surface area contributed by atoms with Gasteiger partial charge in [0, 0.05) is 5.92 Å². The molecular weight excluding hydrogens is 312 g/mol. The Labute approximate surface area is 159 Å². The van der Waals surface area contributed by atoms with Crippen LogP contribution in [0.4, 0.5) is 0 Å². The number of rotatable bonds is 8. The van der Waals surface area contributed by atoms with Crippen LogP contribution in [0.2, 0.25) is 0 Å². The Morgan fingerprint density at radius 3 is 2.04 bits per heavy atom. The molecule has 1 atom stereocenters. The molecule has 0 heterocycles. The predicted molar refractivity (Wildman–Crippen MR) is 114 cm³/mol.